The number of carbonyl (C=O) groups is 1. The Balaban J connectivity index is 1.98. The van der Waals surface area contributed by atoms with Crippen molar-refractivity contribution in [3.05, 3.63) is 41.2 Å². The fourth-order valence-corrected chi connectivity index (χ4v) is 2.48. The molecule has 0 saturated heterocycles. The molecule has 0 fully saturated rings. The van der Waals surface area contributed by atoms with Crippen molar-refractivity contribution in [2.24, 2.45) is 0 Å². The first-order valence-electron chi connectivity index (χ1n) is 6.10. The number of thiazole rings is 1. The SMILES string of the molecule is CC(C)(C)c1csc(NC(=O)Cc2ccncc2)n1. The summed E-state index contributed by atoms with van der Waals surface area (Å²) in [7, 11) is 0. The normalized spacial score (nSPS) is 11.3. The zero-order chi connectivity index (χ0) is 13.9. The van der Waals surface area contributed by atoms with Gasteiger partial charge in [-0.1, -0.05) is 20.8 Å². The van der Waals surface area contributed by atoms with E-state index in [1.807, 2.05) is 17.5 Å². The van der Waals surface area contributed by atoms with Crippen LogP contribution in [0.5, 0.6) is 0 Å². The summed E-state index contributed by atoms with van der Waals surface area (Å²) in [5, 5.41) is 5.48. The van der Waals surface area contributed by atoms with Crippen LogP contribution in [0.1, 0.15) is 32.0 Å². The van der Waals surface area contributed by atoms with Crippen LogP contribution < -0.4 is 5.32 Å². The highest BCUT2D eigenvalue weighted by atomic mass is 32.1. The largest absolute Gasteiger partial charge is 0.302 e. The number of anilines is 1. The van der Waals surface area contributed by atoms with E-state index in [0.717, 1.165) is 11.3 Å². The lowest BCUT2D eigenvalue weighted by Crippen LogP contribution is -2.15. The van der Waals surface area contributed by atoms with Gasteiger partial charge >= 0.3 is 0 Å². The number of rotatable bonds is 3. The smallest absolute Gasteiger partial charge is 0.230 e. The van der Waals surface area contributed by atoms with Gasteiger partial charge in [0.15, 0.2) is 5.13 Å². The average molecular weight is 275 g/mol. The predicted octanol–water partition coefficient (Wildman–Crippen LogP) is 3.02. The molecule has 1 amide bonds. The first kappa shape index (κ1) is 13.7. The van der Waals surface area contributed by atoms with Crippen LogP contribution in [-0.2, 0) is 16.6 Å². The third-order valence-electron chi connectivity index (χ3n) is 2.63. The van der Waals surface area contributed by atoms with Gasteiger partial charge in [0, 0.05) is 23.2 Å². The number of aromatic nitrogens is 2. The van der Waals surface area contributed by atoms with E-state index in [-0.39, 0.29) is 11.3 Å². The van der Waals surface area contributed by atoms with Crippen molar-refractivity contribution in [3.8, 4) is 0 Å². The first-order chi connectivity index (χ1) is 8.95. The van der Waals surface area contributed by atoms with Crippen LogP contribution in [0.2, 0.25) is 0 Å². The van der Waals surface area contributed by atoms with E-state index < -0.39 is 0 Å². The summed E-state index contributed by atoms with van der Waals surface area (Å²) in [6.07, 6.45) is 3.71. The maximum Gasteiger partial charge on any atom is 0.230 e. The minimum Gasteiger partial charge on any atom is -0.302 e. The van der Waals surface area contributed by atoms with Gasteiger partial charge in [-0.3, -0.25) is 9.78 Å². The molecule has 0 aliphatic heterocycles. The van der Waals surface area contributed by atoms with E-state index >= 15 is 0 Å². The van der Waals surface area contributed by atoms with Gasteiger partial charge in [-0.05, 0) is 17.7 Å². The first-order valence-corrected chi connectivity index (χ1v) is 6.98. The van der Waals surface area contributed by atoms with Gasteiger partial charge in [-0.2, -0.15) is 0 Å². The molecule has 2 aromatic heterocycles. The van der Waals surface area contributed by atoms with Gasteiger partial charge in [0.1, 0.15) is 0 Å². The Morgan fingerprint density at radius 1 is 1.32 bits per heavy atom. The summed E-state index contributed by atoms with van der Waals surface area (Å²) in [5.74, 6) is -0.0546. The van der Waals surface area contributed by atoms with E-state index in [0.29, 0.717) is 11.6 Å². The van der Waals surface area contributed by atoms with Crippen molar-refractivity contribution >= 4 is 22.4 Å². The summed E-state index contributed by atoms with van der Waals surface area (Å²) < 4.78 is 0. The van der Waals surface area contributed by atoms with Crippen LogP contribution in [0.15, 0.2) is 29.9 Å². The predicted molar refractivity (Wildman–Crippen MR) is 77.4 cm³/mol. The molecule has 0 saturated carbocycles. The Morgan fingerprint density at radius 2 is 2.00 bits per heavy atom. The van der Waals surface area contributed by atoms with Gasteiger partial charge in [0.25, 0.3) is 0 Å². The molecule has 2 rings (SSSR count). The van der Waals surface area contributed by atoms with Crippen LogP contribution in [0.4, 0.5) is 5.13 Å². The molecular weight excluding hydrogens is 258 g/mol. The van der Waals surface area contributed by atoms with E-state index in [2.05, 4.69) is 36.1 Å². The van der Waals surface area contributed by atoms with Crippen molar-refractivity contribution in [1.29, 1.82) is 0 Å². The highest BCUT2D eigenvalue weighted by molar-refractivity contribution is 7.13. The second-order valence-electron chi connectivity index (χ2n) is 5.37. The topological polar surface area (TPSA) is 54.9 Å². The second-order valence-corrected chi connectivity index (χ2v) is 6.23. The summed E-state index contributed by atoms with van der Waals surface area (Å²) in [6.45, 7) is 6.31. The highest BCUT2D eigenvalue weighted by Gasteiger charge is 2.18. The van der Waals surface area contributed by atoms with Gasteiger partial charge in [0.2, 0.25) is 5.91 Å². The van der Waals surface area contributed by atoms with Crippen LogP contribution in [0, 0.1) is 0 Å². The molecule has 5 heteroatoms. The van der Waals surface area contributed by atoms with Gasteiger partial charge in [-0.25, -0.2) is 4.98 Å². The van der Waals surface area contributed by atoms with Crippen molar-refractivity contribution in [2.45, 2.75) is 32.6 Å². The Bertz CT molecular complexity index is 558. The summed E-state index contributed by atoms with van der Waals surface area (Å²) in [4.78, 5) is 20.2. The van der Waals surface area contributed by atoms with Gasteiger partial charge in [-0.15, -0.1) is 11.3 Å². The number of nitrogens with one attached hydrogen (secondary N) is 1. The summed E-state index contributed by atoms with van der Waals surface area (Å²) in [6, 6.07) is 3.67. The molecule has 1 N–H and O–H groups in total. The number of amides is 1. The van der Waals surface area contributed by atoms with Crippen molar-refractivity contribution in [3.63, 3.8) is 0 Å². The summed E-state index contributed by atoms with van der Waals surface area (Å²) in [5.41, 5.74) is 1.95. The Labute approximate surface area is 116 Å². The number of hydrogen-bond acceptors (Lipinski definition) is 4. The van der Waals surface area contributed by atoms with Gasteiger partial charge < -0.3 is 5.32 Å². The molecule has 2 heterocycles. The van der Waals surface area contributed by atoms with E-state index in [9.17, 15) is 4.79 Å². The lowest BCUT2D eigenvalue weighted by molar-refractivity contribution is -0.115. The molecule has 0 unspecified atom stereocenters. The number of hydrogen-bond donors (Lipinski definition) is 1. The summed E-state index contributed by atoms with van der Waals surface area (Å²) >= 11 is 1.46. The molecule has 0 aliphatic carbocycles. The molecule has 0 aliphatic rings. The Morgan fingerprint density at radius 3 is 2.58 bits per heavy atom. The zero-order valence-electron chi connectivity index (χ0n) is 11.3. The maximum absolute atomic E-state index is 11.9. The molecule has 0 atom stereocenters. The van der Waals surface area contributed by atoms with Crippen LogP contribution >= 0.6 is 11.3 Å². The molecule has 0 radical (unpaired) electrons. The molecule has 0 aromatic carbocycles. The van der Waals surface area contributed by atoms with Crippen LogP contribution in [0.25, 0.3) is 0 Å². The van der Waals surface area contributed by atoms with E-state index in [1.54, 1.807) is 12.4 Å². The fourth-order valence-electron chi connectivity index (χ4n) is 1.53. The van der Waals surface area contributed by atoms with Crippen molar-refractivity contribution < 1.29 is 4.79 Å². The molecule has 4 nitrogen and oxygen atoms in total. The van der Waals surface area contributed by atoms with Crippen molar-refractivity contribution in [1.82, 2.24) is 9.97 Å². The minimum atomic E-state index is -0.0546. The number of pyridine rings is 1. The standard InChI is InChI=1S/C14H17N3OS/c1-14(2,3)11-9-19-13(16-11)17-12(18)8-10-4-6-15-7-5-10/h4-7,9H,8H2,1-3H3,(H,16,17,18). The zero-order valence-corrected chi connectivity index (χ0v) is 12.1. The van der Waals surface area contributed by atoms with Crippen LogP contribution in [-0.4, -0.2) is 15.9 Å². The molecule has 19 heavy (non-hydrogen) atoms. The monoisotopic (exact) mass is 275 g/mol. The van der Waals surface area contributed by atoms with E-state index in [4.69, 9.17) is 0 Å². The second kappa shape index (κ2) is 5.48. The third-order valence-corrected chi connectivity index (χ3v) is 3.39. The highest BCUT2D eigenvalue weighted by Crippen LogP contribution is 2.26. The lowest BCUT2D eigenvalue weighted by Gasteiger charge is -2.14. The molecule has 0 spiro atoms. The number of carbonyl (C=O) groups excluding carboxylic acids is 1. The van der Waals surface area contributed by atoms with E-state index in [1.165, 1.54) is 11.3 Å². The van der Waals surface area contributed by atoms with Crippen LogP contribution in [0.3, 0.4) is 0 Å². The lowest BCUT2D eigenvalue weighted by atomic mass is 9.93. The minimum absolute atomic E-state index is 0.00454. The fraction of sp³-hybridized carbons (Fsp3) is 0.357. The third kappa shape index (κ3) is 3.86. The average Bonchev–Trinajstić information content (AvgIpc) is 2.78. The number of nitrogens with zero attached hydrogens (tertiary/aromatic N) is 2. The quantitative estimate of drug-likeness (QED) is 0.936. The molecule has 100 valence electrons. The van der Waals surface area contributed by atoms with Gasteiger partial charge in [0.05, 0.1) is 12.1 Å². The molecule has 0 bridgehead atoms. The Kier molecular flexibility index (Phi) is 3.95. The maximum atomic E-state index is 11.9. The molecular formula is C14H17N3OS. The Hall–Kier alpha value is -1.75. The van der Waals surface area contributed by atoms with Crippen molar-refractivity contribution in [2.75, 3.05) is 5.32 Å². The molecule has 2 aromatic rings.